The molecule has 3 nitrogen and oxygen atoms in total. The van der Waals surface area contributed by atoms with Crippen LogP contribution >= 0.6 is 0 Å². The molecule has 1 unspecified atom stereocenters. The van der Waals surface area contributed by atoms with E-state index in [0.29, 0.717) is 6.54 Å². The van der Waals surface area contributed by atoms with Gasteiger partial charge in [-0.15, -0.1) is 0 Å². The number of methoxy groups -OCH3 is 1. The number of hydrogen-bond acceptors (Lipinski definition) is 3. The first-order chi connectivity index (χ1) is 9.19. The van der Waals surface area contributed by atoms with Crippen LogP contribution in [0.1, 0.15) is 31.4 Å². The summed E-state index contributed by atoms with van der Waals surface area (Å²) >= 11 is 0. The summed E-state index contributed by atoms with van der Waals surface area (Å²) in [4.78, 5) is 2.35. The predicted molar refractivity (Wildman–Crippen MR) is 74.7 cm³/mol. The summed E-state index contributed by atoms with van der Waals surface area (Å²) < 4.78 is 18.8. The molecule has 0 amide bonds. The molecule has 0 aromatic heterocycles. The number of nitrogens with zero attached hydrogens (tertiary/aromatic N) is 1. The minimum atomic E-state index is -0.319. The first-order valence-electron chi connectivity index (χ1n) is 6.97. The van der Waals surface area contributed by atoms with Gasteiger partial charge in [0.15, 0.2) is 11.6 Å². The van der Waals surface area contributed by atoms with Gasteiger partial charge in [0.05, 0.1) is 7.11 Å². The number of ether oxygens (including phenoxy) is 1. The van der Waals surface area contributed by atoms with Crippen molar-refractivity contribution >= 4 is 0 Å². The van der Waals surface area contributed by atoms with Gasteiger partial charge in [-0.2, -0.15) is 0 Å². The van der Waals surface area contributed by atoms with Crippen molar-refractivity contribution in [2.45, 2.75) is 25.8 Å². The van der Waals surface area contributed by atoms with E-state index < -0.39 is 0 Å². The second-order valence-electron chi connectivity index (χ2n) is 5.18. The number of benzene rings is 1. The van der Waals surface area contributed by atoms with E-state index in [2.05, 4.69) is 11.8 Å². The van der Waals surface area contributed by atoms with Crippen molar-refractivity contribution < 1.29 is 9.13 Å². The van der Waals surface area contributed by atoms with Gasteiger partial charge in [-0.25, -0.2) is 4.39 Å². The molecule has 2 rings (SSSR count). The van der Waals surface area contributed by atoms with Gasteiger partial charge in [0.25, 0.3) is 0 Å². The van der Waals surface area contributed by atoms with Crippen LogP contribution in [0, 0.1) is 11.7 Å². The average Bonchev–Trinajstić information content (AvgIpc) is 3.22. The van der Waals surface area contributed by atoms with Crippen molar-refractivity contribution in [3.05, 3.63) is 29.6 Å². The molecular formula is C15H23FN2O. The molecule has 1 fully saturated rings. The Hall–Kier alpha value is -1.13. The highest BCUT2D eigenvalue weighted by molar-refractivity contribution is 5.31. The molecule has 2 N–H and O–H groups in total. The molecule has 1 atom stereocenters. The van der Waals surface area contributed by atoms with Crippen LogP contribution in [0.15, 0.2) is 18.2 Å². The fraction of sp³-hybridized carbons (Fsp3) is 0.600. The Labute approximate surface area is 114 Å². The third-order valence-corrected chi connectivity index (χ3v) is 3.82. The van der Waals surface area contributed by atoms with Crippen molar-refractivity contribution in [3.63, 3.8) is 0 Å². The molecule has 0 saturated heterocycles. The maximum atomic E-state index is 13.8. The van der Waals surface area contributed by atoms with Crippen molar-refractivity contribution in [1.82, 2.24) is 4.90 Å². The van der Waals surface area contributed by atoms with Gasteiger partial charge < -0.3 is 10.5 Å². The van der Waals surface area contributed by atoms with E-state index in [-0.39, 0.29) is 17.6 Å². The van der Waals surface area contributed by atoms with Gasteiger partial charge in [-0.1, -0.05) is 13.0 Å². The number of nitrogens with two attached hydrogens (primary N) is 1. The quantitative estimate of drug-likeness (QED) is 0.824. The van der Waals surface area contributed by atoms with Gasteiger partial charge in [0, 0.05) is 19.1 Å². The SMILES string of the molecule is CCN(CC1CC1)C(CN)c1ccc(OC)c(F)c1. The zero-order valence-corrected chi connectivity index (χ0v) is 11.7. The molecule has 0 spiro atoms. The summed E-state index contributed by atoms with van der Waals surface area (Å²) in [5.74, 6) is 0.766. The molecule has 4 heteroatoms. The maximum absolute atomic E-state index is 13.8. The number of hydrogen-bond donors (Lipinski definition) is 1. The molecular weight excluding hydrogens is 243 g/mol. The predicted octanol–water partition coefficient (Wildman–Crippen LogP) is 2.57. The molecule has 1 aliphatic rings. The Morgan fingerprint density at radius 3 is 2.68 bits per heavy atom. The van der Waals surface area contributed by atoms with Gasteiger partial charge in [0.2, 0.25) is 0 Å². The van der Waals surface area contributed by atoms with Gasteiger partial charge in [-0.05, 0) is 43.0 Å². The van der Waals surface area contributed by atoms with Gasteiger partial charge >= 0.3 is 0 Å². The Morgan fingerprint density at radius 1 is 1.47 bits per heavy atom. The monoisotopic (exact) mass is 266 g/mol. The third kappa shape index (κ3) is 3.45. The Kier molecular flexibility index (Phi) is 4.77. The molecule has 0 heterocycles. The minimum Gasteiger partial charge on any atom is -0.494 e. The van der Waals surface area contributed by atoms with E-state index in [4.69, 9.17) is 10.5 Å². The van der Waals surface area contributed by atoms with Crippen LogP contribution in [0.5, 0.6) is 5.75 Å². The Balaban J connectivity index is 2.16. The highest BCUT2D eigenvalue weighted by atomic mass is 19.1. The minimum absolute atomic E-state index is 0.0889. The Bertz CT molecular complexity index is 421. The highest BCUT2D eigenvalue weighted by Gasteiger charge is 2.27. The number of halogens is 1. The third-order valence-electron chi connectivity index (χ3n) is 3.82. The maximum Gasteiger partial charge on any atom is 0.165 e. The van der Waals surface area contributed by atoms with Crippen LogP contribution in [-0.2, 0) is 0 Å². The van der Waals surface area contributed by atoms with Crippen LogP contribution in [0.25, 0.3) is 0 Å². The van der Waals surface area contributed by atoms with Crippen molar-refractivity contribution in [1.29, 1.82) is 0 Å². The van der Waals surface area contributed by atoms with E-state index in [9.17, 15) is 4.39 Å². The van der Waals surface area contributed by atoms with E-state index in [0.717, 1.165) is 24.6 Å². The fourth-order valence-electron chi connectivity index (χ4n) is 2.49. The molecule has 19 heavy (non-hydrogen) atoms. The lowest BCUT2D eigenvalue weighted by Crippen LogP contribution is -2.35. The molecule has 1 aliphatic carbocycles. The van der Waals surface area contributed by atoms with Gasteiger partial charge in [-0.3, -0.25) is 4.90 Å². The van der Waals surface area contributed by atoms with E-state index >= 15 is 0 Å². The van der Waals surface area contributed by atoms with Crippen LogP contribution in [-0.4, -0.2) is 31.6 Å². The topological polar surface area (TPSA) is 38.5 Å². The van der Waals surface area contributed by atoms with Crippen LogP contribution in [0.4, 0.5) is 4.39 Å². The first kappa shape index (κ1) is 14.3. The highest BCUT2D eigenvalue weighted by Crippen LogP contribution is 2.33. The van der Waals surface area contributed by atoms with Crippen LogP contribution in [0.3, 0.4) is 0 Å². The lowest BCUT2D eigenvalue weighted by molar-refractivity contribution is 0.203. The summed E-state index contributed by atoms with van der Waals surface area (Å²) in [6.07, 6.45) is 2.62. The lowest BCUT2D eigenvalue weighted by Gasteiger charge is -2.30. The first-order valence-corrected chi connectivity index (χ1v) is 6.97. The average molecular weight is 266 g/mol. The molecule has 1 saturated carbocycles. The van der Waals surface area contributed by atoms with Crippen molar-refractivity contribution in [2.75, 3.05) is 26.7 Å². The molecule has 0 radical (unpaired) electrons. The normalized spacial score (nSPS) is 16.7. The summed E-state index contributed by atoms with van der Waals surface area (Å²) in [5, 5.41) is 0. The second-order valence-corrected chi connectivity index (χ2v) is 5.18. The van der Waals surface area contributed by atoms with Gasteiger partial charge in [0.1, 0.15) is 0 Å². The summed E-state index contributed by atoms with van der Waals surface area (Å²) in [7, 11) is 1.48. The second kappa shape index (κ2) is 6.35. The molecule has 106 valence electrons. The fourth-order valence-corrected chi connectivity index (χ4v) is 2.49. The largest absolute Gasteiger partial charge is 0.494 e. The standard InChI is InChI=1S/C15H23FN2O/c1-3-18(10-11-4-5-11)14(9-17)12-6-7-15(19-2)13(16)8-12/h6-8,11,14H,3-5,9-10,17H2,1-2H3. The molecule has 1 aromatic rings. The van der Waals surface area contributed by atoms with Crippen LogP contribution in [0.2, 0.25) is 0 Å². The zero-order valence-electron chi connectivity index (χ0n) is 11.7. The van der Waals surface area contributed by atoms with E-state index in [1.54, 1.807) is 12.1 Å². The van der Waals surface area contributed by atoms with E-state index in [1.807, 2.05) is 6.07 Å². The zero-order chi connectivity index (χ0) is 13.8. The molecule has 1 aromatic carbocycles. The number of rotatable bonds is 7. The molecule has 0 bridgehead atoms. The van der Waals surface area contributed by atoms with E-state index in [1.165, 1.54) is 20.0 Å². The smallest absolute Gasteiger partial charge is 0.165 e. The van der Waals surface area contributed by atoms with Crippen molar-refractivity contribution in [2.24, 2.45) is 11.7 Å². The number of likely N-dealkylation sites (N-methyl/N-ethyl adjacent to an activating group) is 1. The summed E-state index contributed by atoms with van der Waals surface area (Å²) in [6, 6.07) is 5.23. The lowest BCUT2D eigenvalue weighted by atomic mass is 10.0. The van der Waals surface area contributed by atoms with Crippen molar-refractivity contribution in [3.8, 4) is 5.75 Å². The van der Waals surface area contributed by atoms with Crippen LogP contribution < -0.4 is 10.5 Å². The summed E-state index contributed by atoms with van der Waals surface area (Å²) in [5.41, 5.74) is 6.84. The molecule has 0 aliphatic heterocycles. The Morgan fingerprint density at radius 2 is 2.21 bits per heavy atom. The summed E-state index contributed by atoms with van der Waals surface area (Å²) in [6.45, 7) is 4.63.